The molecule has 0 aliphatic carbocycles. The molecule has 12 heavy (non-hydrogen) atoms. The summed E-state index contributed by atoms with van der Waals surface area (Å²) in [6, 6.07) is 0. The topological polar surface area (TPSA) is 43.4 Å². The minimum absolute atomic E-state index is 0.103. The van der Waals surface area contributed by atoms with Gasteiger partial charge in [0.15, 0.2) is 0 Å². The number of rotatable bonds is 6. The summed E-state index contributed by atoms with van der Waals surface area (Å²) >= 11 is 0. The van der Waals surface area contributed by atoms with Gasteiger partial charge in [-0.15, -0.1) is 0 Å². The van der Waals surface area contributed by atoms with Gasteiger partial charge in [0.05, 0.1) is 0 Å². The van der Waals surface area contributed by atoms with Gasteiger partial charge < -0.3 is 9.53 Å². The van der Waals surface area contributed by atoms with E-state index in [0.717, 1.165) is 0 Å². The molecule has 0 saturated heterocycles. The van der Waals surface area contributed by atoms with Crippen LogP contribution in [0.1, 0.15) is 26.2 Å². The molecule has 0 saturated carbocycles. The average molecular weight is 170 g/mol. The summed E-state index contributed by atoms with van der Waals surface area (Å²) in [5, 5.41) is 0. The number of esters is 1. The summed E-state index contributed by atoms with van der Waals surface area (Å²) in [7, 11) is 0. The smallest absolute Gasteiger partial charge is 0.306 e. The molecule has 0 spiro atoms. The number of ketones is 1. The van der Waals surface area contributed by atoms with Crippen molar-refractivity contribution in [3.05, 3.63) is 12.7 Å². The summed E-state index contributed by atoms with van der Waals surface area (Å²) in [6.07, 6.45) is 2.85. The van der Waals surface area contributed by atoms with E-state index in [9.17, 15) is 9.59 Å². The number of ether oxygens (including phenoxy) is 1. The highest BCUT2D eigenvalue weighted by molar-refractivity contribution is 5.76. The molecular formula is C9H14O3. The first-order chi connectivity index (χ1) is 5.66. The SMILES string of the molecule is C=CCOC(=O)CCCC(C)=O. The average Bonchev–Trinajstić information content (AvgIpc) is 2.00. The van der Waals surface area contributed by atoms with Crippen LogP contribution in [-0.2, 0) is 14.3 Å². The van der Waals surface area contributed by atoms with Crippen LogP contribution in [0.15, 0.2) is 12.7 Å². The quantitative estimate of drug-likeness (QED) is 0.448. The van der Waals surface area contributed by atoms with Crippen molar-refractivity contribution in [3.8, 4) is 0 Å². The zero-order valence-corrected chi connectivity index (χ0v) is 7.34. The van der Waals surface area contributed by atoms with Crippen molar-refractivity contribution in [3.63, 3.8) is 0 Å². The third kappa shape index (κ3) is 6.99. The predicted molar refractivity (Wildman–Crippen MR) is 45.7 cm³/mol. The van der Waals surface area contributed by atoms with Crippen LogP contribution in [0.5, 0.6) is 0 Å². The maximum absolute atomic E-state index is 10.8. The number of carbonyl (C=O) groups excluding carboxylic acids is 2. The Balaban J connectivity index is 3.31. The maximum Gasteiger partial charge on any atom is 0.306 e. The van der Waals surface area contributed by atoms with Gasteiger partial charge in [-0.05, 0) is 13.3 Å². The Morgan fingerprint density at radius 2 is 2.08 bits per heavy atom. The first-order valence-corrected chi connectivity index (χ1v) is 3.92. The van der Waals surface area contributed by atoms with E-state index in [1.165, 1.54) is 13.0 Å². The monoisotopic (exact) mass is 170 g/mol. The third-order valence-electron chi connectivity index (χ3n) is 1.27. The molecule has 0 atom stereocenters. The maximum atomic E-state index is 10.8. The minimum Gasteiger partial charge on any atom is -0.461 e. The third-order valence-corrected chi connectivity index (χ3v) is 1.27. The molecule has 0 aromatic rings. The molecule has 0 aliphatic heterocycles. The Hall–Kier alpha value is -1.12. The molecular weight excluding hydrogens is 156 g/mol. The summed E-state index contributed by atoms with van der Waals surface area (Å²) in [5.74, 6) is -0.164. The lowest BCUT2D eigenvalue weighted by Gasteiger charge is -1.99. The number of hydrogen-bond acceptors (Lipinski definition) is 3. The molecule has 0 amide bonds. The summed E-state index contributed by atoms with van der Waals surface area (Å²) in [5.41, 5.74) is 0. The normalized spacial score (nSPS) is 9.08. The van der Waals surface area contributed by atoms with Crippen molar-refractivity contribution in [1.82, 2.24) is 0 Å². The van der Waals surface area contributed by atoms with Crippen LogP contribution in [0.2, 0.25) is 0 Å². The Morgan fingerprint density at radius 3 is 2.58 bits per heavy atom. The zero-order valence-electron chi connectivity index (χ0n) is 7.34. The largest absolute Gasteiger partial charge is 0.461 e. The fraction of sp³-hybridized carbons (Fsp3) is 0.556. The molecule has 0 fully saturated rings. The van der Waals surface area contributed by atoms with Crippen LogP contribution < -0.4 is 0 Å². The molecule has 0 unspecified atom stereocenters. The van der Waals surface area contributed by atoms with Crippen molar-refractivity contribution in [2.75, 3.05) is 6.61 Å². The van der Waals surface area contributed by atoms with Crippen molar-refractivity contribution in [2.45, 2.75) is 26.2 Å². The second-order valence-electron chi connectivity index (χ2n) is 2.53. The fourth-order valence-electron chi connectivity index (χ4n) is 0.706. The Labute approximate surface area is 72.4 Å². The van der Waals surface area contributed by atoms with Gasteiger partial charge in [-0.3, -0.25) is 4.79 Å². The molecule has 0 radical (unpaired) electrons. The Bertz CT molecular complexity index is 173. The van der Waals surface area contributed by atoms with E-state index in [0.29, 0.717) is 19.3 Å². The highest BCUT2D eigenvalue weighted by atomic mass is 16.5. The van der Waals surface area contributed by atoms with Gasteiger partial charge in [0.2, 0.25) is 0 Å². The molecule has 0 N–H and O–H groups in total. The van der Waals surface area contributed by atoms with E-state index >= 15 is 0 Å². The van der Waals surface area contributed by atoms with Crippen molar-refractivity contribution < 1.29 is 14.3 Å². The molecule has 3 heteroatoms. The lowest BCUT2D eigenvalue weighted by Crippen LogP contribution is -2.04. The summed E-state index contributed by atoms with van der Waals surface area (Å²) < 4.78 is 4.70. The zero-order chi connectivity index (χ0) is 9.40. The van der Waals surface area contributed by atoms with E-state index in [2.05, 4.69) is 6.58 Å². The standard InChI is InChI=1S/C9H14O3/c1-3-7-12-9(11)6-4-5-8(2)10/h3H,1,4-7H2,2H3. The summed E-state index contributed by atoms with van der Waals surface area (Å²) in [4.78, 5) is 21.3. The minimum atomic E-state index is -0.267. The summed E-state index contributed by atoms with van der Waals surface area (Å²) in [6.45, 7) is 5.17. The molecule has 0 aliphatic rings. The van der Waals surface area contributed by atoms with E-state index < -0.39 is 0 Å². The van der Waals surface area contributed by atoms with Gasteiger partial charge in [0.1, 0.15) is 12.4 Å². The van der Waals surface area contributed by atoms with Gasteiger partial charge in [-0.1, -0.05) is 12.7 Å². The molecule has 0 aromatic heterocycles. The van der Waals surface area contributed by atoms with Gasteiger partial charge in [-0.25, -0.2) is 0 Å². The van der Waals surface area contributed by atoms with E-state index in [4.69, 9.17) is 4.74 Å². The first kappa shape index (κ1) is 10.9. The molecule has 0 bridgehead atoms. The van der Waals surface area contributed by atoms with E-state index in [1.54, 1.807) is 0 Å². The van der Waals surface area contributed by atoms with Gasteiger partial charge >= 0.3 is 5.97 Å². The highest BCUT2D eigenvalue weighted by Crippen LogP contribution is 1.98. The molecule has 3 nitrogen and oxygen atoms in total. The van der Waals surface area contributed by atoms with Crippen molar-refractivity contribution >= 4 is 11.8 Å². The van der Waals surface area contributed by atoms with Crippen LogP contribution >= 0.6 is 0 Å². The molecule has 0 rings (SSSR count). The fourth-order valence-corrected chi connectivity index (χ4v) is 0.706. The van der Waals surface area contributed by atoms with Crippen LogP contribution in [0.4, 0.5) is 0 Å². The second-order valence-corrected chi connectivity index (χ2v) is 2.53. The highest BCUT2D eigenvalue weighted by Gasteiger charge is 2.01. The van der Waals surface area contributed by atoms with Gasteiger partial charge in [-0.2, -0.15) is 0 Å². The van der Waals surface area contributed by atoms with Crippen LogP contribution in [0, 0.1) is 0 Å². The van der Waals surface area contributed by atoms with Gasteiger partial charge in [0.25, 0.3) is 0 Å². The van der Waals surface area contributed by atoms with Gasteiger partial charge in [0, 0.05) is 12.8 Å². The van der Waals surface area contributed by atoms with Crippen LogP contribution in [0.3, 0.4) is 0 Å². The Kier molecular flexibility index (Phi) is 5.97. The number of hydrogen-bond donors (Lipinski definition) is 0. The van der Waals surface area contributed by atoms with Crippen LogP contribution in [0.25, 0.3) is 0 Å². The first-order valence-electron chi connectivity index (χ1n) is 3.92. The van der Waals surface area contributed by atoms with Crippen molar-refractivity contribution in [1.29, 1.82) is 0 Å². The van der Waals surface area contributed by atoms with E-state index in [1.807, 2.05) is 0 Å². The Morgan fingerprint density at radius 1 is 1.42 bits per heavy atom. The molecule has 68 valence electrons. The lowest BCUT2D eigenvalue weighted by molar-refractivity contribution is -0.142. The van der Waals surface area contributed by atoms with Crippen molar-refractivity contribution in [2.24, 2.45) is 0 Å². The number of carbonyl (C=O) groups is 2. The lowest BCUT2D eigenvalue weighted by atomic mass is 10.2. The van der Waals surface area contributed by atoms with Crippen LogP contribution in [-0.4, -0.2) is 18.4 Å². The second kappa shape index (κ2) is 6.58. The molecule has 0 aromatic carbocycles. The number of Topliss-reactive ketones (excluding diaryl/α,β-unsaturated/α-hetero) is 1. The van der Waals surface area contributed by atoms with E-state index in [-0.39, 0.29) is 18.4 Å². The predicted octanol–water partition coefficient (Wildman–Crippen LogP) is 1.47. The molecule has 0 heterocycles.